The first-order chi connectivity index (χ1) is 8.26. The van der Waals surface area contributed by atoms with Gasteiger partial charge in [0.25, 0.3) is 0 Å². The minimum absolute atomic E-state index is 0.136. The van der Waals surface area contributed by atoms with Crippen LogP contribution in [0, 0.1) is 6.92 Å². The molecule has 1 unspecified atom stereocenters. The standard InChI is InChI=1S/C13H16N2O2/c1-9-3-4-12(16-2)11(7-9)13(15-14)10-5-6-17-8-10/h3-8,13,15H,14H2,1-2H3. The van der Waals surface area contributed by atoms with Crippen LogP contribution in [0.4, 0.5) is 0 Å². The quantitative estimate of drug-likeness (QED) is 0.626. The van der Waals surface area contributed by atoms with Gasteiger partial charge in [0.15, 0.2) is 0 Å². The van der Waals surface area contributed by atoms with Crippen LogP contribution < -0.4 is 16.0 Å². The monoisotopic (exact) mass is 232 g/mol. The lowest BCUT2D eigenvalue weighted by Gasteiger charge is -2.18. The number of hydrazine groups is 1. The third-order valence-corrected chi connectivity index (χ3v) is 2.74. The second kappa shape index (κ2) is 5.03. The Kier molecular flexibility index (Phi) is 3.46. The van der Waals surface area contributed by atoms with E-state index in [1.807, 2.05) is 25.1 Å². The predicted molar refractivity (Wildman–Crippen MR) is 65.6 cm³/mol. The molecule has 2 rings (SSSR count). The lowest BCUT2D eigenvalue weighted by molar-refractivity contribution is 0.404. The zero-order valence-corrected chi connectivity index (χ0v) is 9.94. The number of benzene rings is 1. The molecule has 1 aromatic carbocycles. The molecule has 0 fully saturated rings. The molecular weight excluding hydrogens is 216 g/mol. The van der Waals surface area contributed by atoms with Gasteiger partial charge in [0.05, 0.1) is 25.7 Å². The molecule has 0 aliphatic heterocycles. The summed E-state index contributed by atoms with van der Waals surface area (Å²) in [5.41, 5.74) is 5.91. The van der Waals surface area contributed by atoms with Crippen molar-refractivity contribution in [2.75, 3.05) is 7.11 Å². The van der Waals surface area contributed by atoms with Crippen LogP contribution in [-0.2, 0) is 0 Å². The number of hydrogen-bond acceptors (Lipinski definition) is 4. The summed E-state index contributed by atoms with van der Waals surface area (Å²) in [5, 5.41) is 0. The normalized spacial score (nSPS) is 12.4. The van der Waals surface area contributed by atoms with Gasteiger partial charge in [-0.2, -0.15) is 0 Å². The SMILES string of the molecule is COc1ccc(C)cc1C(NN)c1ccoc1. The topological polar surface area (TPSA) is 60.4 Å². The Morgan fingerprint density at radius 2 is 2.18 bits per heavy atom. The van der Waals surface area contributed by atoms with Crippen LogP contribution >= 0.6 is 0 Å². The van der Waals surface area contributed by atoms with Gasteiger partial charge >= 0.3 is 0 Å². The van der Waals surface area contributed by atoms with Crippen LogP contribution in [0.5, 0.6) is 5.75 Å². The molecule has 4 heteroatoms. The molecule has 17 heavy (non-hydrogen) atoms. The molecule has 2 aromatic rings. The van der Waals surface area contributed by atoms with Crippen LogP contribution in [-0.4, -0.2) is 7.11 Å². The van der Waals surface area contributed by atoms with Crippen molar-refractivity contribution >= 4 is 0 Å². The minimum Gasteiger partial charge on any atom is -0.496 e. The van der Waals surface area contributed by atoms with Crippen molar-refractivity contribution < 1.29 is 9.15 Å². The fourth-order valence-electron chi connectivity index (χ4n) is 1.88. The molecule has 0 saturated heterocycles. The molecule has 1 atom stereocenters. The van der Waals surface area contributed by atoms with Crippen molar-refractivity contribution in [3.05, 3.63) is 53.5 Å². The van der Waals surface area contributed by atoms with E-state index in [0.717, 1.165) is 22.4 Å². The van der Waals surface area contributed by atoms with Gasteiger partial charge in [0, 0.05) is 11.1 Å². The molecule has 1 aromatic heterocycles. The van der Waals surface area contributed by atoms with Crippen LogP contribution in [0.1, 0.15) is 22.7 Å². The Morgan fingerprint density at radius 1 is 1.35 bits per heavy atom. The number of methoxy groups -OCH3 is 1. The number of ether oxygens (including phenoxy) is 1. The zero-order valence-electron chi connectivity index (χ0n) is 9.94. The summed E-state index contributed by atoms with van der Waals surface area (Å²) in [7, 11) is 1.65. The van der Waals surface area contributed by atoms with Gasteiger partial charge in [-0.15, -0.1) is 0 Å². The fourth-order valence-corrected chi connectivity index (χ4v) is 1.88. The molecule has 3 N–H and O–H groups in total. The molecule has 1 heterocycles. The van der Waals surface area contributed by atoms with E-state index < -0.39 is 0 Å². The van der Waals surface area contributed by atoms with E-state index in [0.29, 0.717) is 0 Å². The molecule has 4 nitrogen and oxygen atoms in total. The van der Waals surface area contributed by atoms with Crippen LogP contribution in [0.25, 0.3) is 0 Å². The summed E-state index contributed by atoms with van der Waals surface area (Å²) >= 11 is 0. The summed E-state index contributed by atoms with van der Waals surface area (Å²) in [6, 6.07) is 7.74. The number of nitrogens with two attached hydrogens (primary N) is 1. The third kappa shape index (κ3) is 2.33. The van der Waals surface area contributed by atoms with Gasteiger partial charge < -0.3 is 9.15 Å². The molecule has 0 saturated carbocycles. The average molecular weight is 232 g/mol. The number of nitrogens with one attached hydrogen (secondary N) is 1. The molecule has 90 valence electrons. The summed E-state index contributed by atoms with van der Waals surface area (Å²) in [6.45, 7) is 2.03. The van der Waals surface area contributed by atoms with Crippen molar-refractivity contribution in [1.29, 1.82) is 0 Å². The van der Waals surface area contributed by atoms with Gasteiger partial charge in [-0.25, -0.2) is 5.43 Å². The molecule has 0 aliphatic carbocycles. The van der Waals surface area contributed by atoms with E-state index in [-0.39, 0.29) is 6.04 Å². The molecule has 0 radical (unpaired) electrons. The van der Waals surface area contributed by atoms with E-state index >= 15 is 0 Å². The first-order valence-corrected chi connectivity index (χ1v) is 5.39. The Balaban J connectivity index is 2.46. The second-order valence-electron chi connectivity index (χ2n) is 3.90. The molecular formula is C13H16N2O2. The second-order valence-corrected chi connectivity index (χ2v) is 3.90. The Bertz CT molecular complexity index is 480. The largest absolute Gasteiger partial charge is 0.496 e. The highest BCUT2D eigenvalue weighted by Gasteiger charge is 2.17. The maximum absolute atomic E-state index is 5.62. The van der Waals surface area contributed by atoms with Crippen LogP contribution in [0.3, 0.4) is 0 Å². The van der Waals surface area contributed by atoms with Gasteiger partial charge in [-0.3, -0.25) is 5.84 Å². The van der Waals surface area contributed by atoms with Crippen molar-refractivity contribution in [1.82, 2.24) is 5.43 Å². The van der Waals surface area contributed by atoms with Gasteiger partial charge in [0.2, 0.25) is 0 Å². The van der Waals surface area contributed by atoms with E-state index in [4.69, 9.17) is 15.0 Å². The number of aryl methyl sites for hydroxylation is 1. The molecule has 0 spiro atoms. The van der Waals surface area contributed by atoms with Gasteiger partial charge in [-0.05, 0) is 19.1 Å². The minimum atomic E-state index is -0.136. The predicted octanol–water partition coefficient (Wildman–Crippen LogP) is 2.15. The lowest BCUT2D eigenvalue weighted by Crippen LogP contribution is -2.28. The van der Waals surface area contributed by atoms with Gasteiger partial charge in [-0.1, -0.05) is 17.7 Å². The lowest BCUT2D eigenvalue weighted by atomic mass is 9.99. The van der Waals surface area contributed by atoms with E-state index in [2.05, 4.69) is 11.5 Å². The van der Waals surface area contributed by atoms with Crippen LogP contribution in [0.15, 0.2) is 41.2 Å². The maximum atomic E-state index is 5.62. The molecule has 0 aliphatic rings. The Labute approximate surface area is 100 Å². The van der Waals surface area contributed by atoms with Gasteiger partial charge in [0.1, 0.15) is 5.75 Å². The Hall–Kier alpha value is -1.78. The first kappa shape index (κ1) is 11.7. The summed E-state index contributed by atoms with van der Waals surface area (Å²) in [5.74, 6) is 6.43. The zero-order chi connectivity index (χ0) is 12.3. The maximum Gasteiger partial charge on any atom is 0.124 e. The fraction of sp³-hybridized carbons (Fsp3) is 0.231. The third-order valence-electron chi connectivity index (χ3n) is 2.74. The average Bonchev–Trinajstić information content (AvgIpc) is 2.84. The smallest absolute Gasteiger partial charge is 0.124 e. The first-order valence-electron chi connectivity index (χ1n) is 5.39. The highest BCUT2D eigenvalue weighted by atomic mass is 16.5. The highest BCUT2D eigenvalue weighted by Crippen LogP contribution is 2.30. The summed E-state index contributed by atoms with van der Waals surface area (Å²) in [4.78, 5) is 0. The van der Waals surface area contributed by atoms with E-state index in [1.54, 1.807) is 19.6 Å². The Morgan fingerprint density at radius 3 is 2.76 bits per heavy atom. The van der Waals surface area contributed by atoms with Crippen molar-refractivity contribution in [2.24, 2.45) is 5.84 Å². The van der Waals surface area contributed by atoms with Crippen molar-refractivity contribution in [2.45, 2.75) is 13.0 Å². The number of furan rings is 1. The molecule has 0 amide bonds. The number of hydrogen-bond donors (Lipinski definition) is 2. The van der Waals surface area contributed by atoms with Crippen molar-refractivity contribution in [3.8, 4) is 5.75 Å². The van der Waals surface area contributed by atoms with Crippen molar-refractivity contribution in [3.63, 3.8) is 0 Å². The van der Waals surface area contributed by atoms with E-state index in [9.17, 15) is 0 Å². The molecule has 0 bridgehead atoms. The summed E-state index contributed by atoms with van der Waals surface area (Å²) in [6.07, 6.45) is 3.30. The van der Waals surface area contributed by atoms with E-state index in [1.165, 1.54) is 0 Å². The summed E-state index contributed by atoms with van der Waals surface area (Å²) < 4.78 is 10.4. The highest BCUT2D eigenvalue weighted by molar-refractivity contribution is 5.43. The number of rotatable bonds is 4. The van der Waals surface area contributed by atoms with Crippen LogP contribution in [0.2, 0.25) is 0 Å².